The Morgan fingerprint density at radius 2 is 1.83 bits per heavy atom. The van der Waals surface area contributed by atoms with E-state index in [9.17, 15) is 0 Å². The summed E-state index contributed by atoms with van der Waals surface area (Å²) in [7, 11) is 0. The van der Waals surface area contributed by atoms with Gasteiger partial charge in [0.2, 0.25) is 0 Å². The lowest BCUT2D eigenvalue weighted by atomic mass is 9.65. The van der Waals surface area contributed by atoms with E-state index in [1.807, 2.05) is 6.07 Å². The molecule has 0 aliphatic heterocycles. The highest BCUT2D eigenvalue weighted by atomic mass is 14.4. The maximum atomic E-state index is 3.23. The molecular weight excluding hydrogens is 216 g/mol. The van der Waals surface area contributed by atoms with Crippen molar-refractivity contribution in [1.82, 2.24) is 0 Å². The van der Waals surface area contributed by atoms with Crippen LogP contribution in [0.15, 0.2) is 24.3 Å². The van der Waals surface area contributed by atoms with Crippen molar-refractivity contribution in [2.75, 3.05) is 0 Å². The first-order chi connectivity index (χ1) is 8.79. The van der Waals surface area contributed by atoms with Crippen molar-refractivity contribution >= 4 is 0 Å². The summed E-state index contributed by atoms with van der Waals surface area (Å²) in [6, 6.07) is 11.8. The molecule has 1 radical (unpaired) electrons. The van der Waals surface area contributed by atoms with Crippen LogP contribution in [0.3, 0.4) is 0 Å². The summed E-state index contributed by atoms with van der Waals surface area (Å²) < 4.78 is 0. The highest BCUT2D eigenvalue weighted by molar-refractivity contribution is 5.19. The van der Waals surface area contributed by atoms with Crippen LogP contribution in [0.25, 0.3) is 0 Å². The van der Waals surface area contributed by atoms with Crippen LogP contribution in [0.4, 0.5) is 0 Å². The van der Waals surface area contributed by atoms with E-state index in [2.05, 4.69) is 38.1 Å². The first-order valence-electron chi connectivity index (χ1n) is 7.75. The minimum Gasteiger partial charge on any atom is -0.0654 e. The van der Waals surface area contributed by atoms with E-state index in [0.29, 0.717) is 5.41 Å². The van der Waals surface area contributed by atoms with Gasteiger partial charge in [-0.3, -0.25) is 0 Å². The van der Waals surface area contributed by atoms with E-state index in [4.69, 9.17) is 0 Å². The Bertz CT molecular complexity index is 322. The second kappa shape index (κ2) is 6.41. The minimum absolute atomic E-state index is 0.679. The monoisotopic (exact) mass is 243 g/mol. The van der Waals surface area contributed by atoms with Gasteiger partial charge in [-0.05, 0) is 61.5 Å². The van der Waals surface area contributed by atoms with Gasteiger partial charge in [-0.25, -0.2) is 0 Å². The summed E-state index contributed by atoms with van der Waals surface area (Å²) in [5.41, 5.74) is 2.19. The van der Waals surface area contributed by atoms with E-state index >= 15 is 0 Å². The Hall–Kier alpha value is -0.780. The van der Waals surface area contributed by atoms with Gasteiger partial charge < -0.3 is 0 Å². The van der Waals surface area contributed by atoms with Crippen LogP contribution < -0.4 is 0 Å². The molecule has 0 spiro atoms. The molecule has 1 aliphatic rings. The van der Waals surface area contributed by atoms with Crippen LogP contribution in [0, 0.1) is 11.5 Å². The molecule has 1 aliphatic carbocycles. The molecule has 0 amide bonds. The molecular formula is C18H27. The molecule has 1 fully saturated rings. The summed E-state index contributed by atoms with van der Waals surface area (Å²) >= 11 is 0. The fourth-order valence-electron chi connectivity index (χ4n) is 3.91. The molecule has 1 saturated carbocycles. The van der Waals surface area contributed by atoms with Crippen LogP contribution in [0.1, 0.15) is 76.7 Å². The lowest BCUT2D eigenvalue weighted by Gasteiger charge is -2.40. The SMILES string of the molecule is CCCC1(CCC)CCC(c2c[c]ccc2)CC1. The zero-order valence-electron chi connectivity index (χ0n) is 12.0. The molecule has 0 atom stereocenters. The van der Waals surface area contributed by atoms with Crippen molar-refractivity contribution in [1.29, 1.82) is 0 Å². The number of hydrogen-bond acceptors (Lipinski definition) is 0. The summed E-state index contributed by atoms with van der Waals surface area (Å²) in [4.78, 5) is 0. The van der Waals surface area contributed by atoms with E-state index < -0.39 is 0 Å². The van der Waals surface area contributed by atoms with Crippen LogP contribution in [-0.2, 0) is 0 Å². The molecule has 99 valence electrons. The topological polar surface area (TPSA) is 0 Å². The molecule has 0 N–H and O–H groups in total. The summed E-state index contributed by atoms with van der Waals surface area (Å²) in [6.45, 7) is 4.69. The first-order valence-corrected chi connectivity index (χ1v) is 7.75. The van der Waals surface area contributed by atoms with Gasteiger partial charge in [0.05, 0.1) is 0 Å². The van der Waals surface area contributed by atoms with E-state index in [-0.39, 0.29) is 0 Å². The standard InChI is InChI=1S/C18H27/c1-3-12-18(13-4-2)14-10-17(11-15-18)16-8-6-5-7-9-16/h5-6,8-9,17H,3-4,10-15H2,1-2H3. The lowest BCUT2D eigenvalue weighted by molar-refractivity contribution is 0.142. The molecule has 1 aromatic rings. The highest BCUT2D eigenvalue weighted by Crippen LogP contribution is 2.48. The Kier molecular flexibility index (Phi) is 4.86. The van der Waals surface area contributed by atoms with Crippen LogP contribution in [0.2, 0.25) is 0 Å². The van der Waals surface area contributed by atoms with Gasteiger partial charge in [0.25, 0.3) is 0 Å². The Morgan fingerprint density at radius 3 is 2.33 bits per heavy atom. The molecule has 0 saturated heterocycles. The van der Waals surface area contributed by atoms with Crippen LogP contribution >= 0.6 is 0 Å². The predicted molar refractivity (Wildman–Crippen MR) is 78.7 cm³/mol. The van der Waals surface area contributed by atoms with Gasteiger partial charge in [0.15, 0.2) is 0 Å². The summed E-state index contributed by atoms with van der Waals surface area (Å²) in [5.74, 6) is 0.796. The lowest BCUT2D eigenvalue weighted by Crippen LogP contribution is -2.26. The Balaban J connectivity index is 1.97. The molecule has 0 unspecified atom stereocenters. The third kappa shape index (κ3) is 3.16. The molecule has 18 heavy (non-hydrogen) atoms. The van der Waals surface area contributed by atoms with Crippen molar-refractivity contribution < 1.29 is 0 Å². The maximum Gasteiger partial charge on any atom is -0.0161 e. The van der Waals surface area contributed by atoms with E-state index in [1.165, 1.54) is 56.9 Å². The average Bonchev–Trinajstić information content (AvgIpc) is 2.41. The molecule has 0 nitrogen and oxygen atoms in total. The number of rotatable bonds is 5. The maximum absolute atomic E-state index is 3.23. The van der Waals surface area contributed by atoms with E-state index in [0.717, 1.165) is 5.92 Å². The molecule has 1 aromatic carbocycles. The van der Waals surface area contributed by atoms with Crippen molar-refractivity contribution in [3.05, 3.63) is 35.9 Å². The largest absolute Gasteiger partial charge is 0.0654 e. The quantitative estimate of drug-likeness (QED) is 0.619. The molecule has 0 heterocycles. The summed E-state index contributed by atoms with van der Waals surface area (Å²) in [6.07, 6.45) is 11.2. The number of hydrogen-bond donors (Lipinski definition) is 0. The van der Waals surface area contributed by atoms with Gasteiger partial charge in [-0.2, -0.15) is 0 Å². The average molecular weight is 243 g/mol. The van der Waals surface area contributed by atoms with Gasteiger partial charge in [0, 0.05) is 0 Å². The Labute approximate surface area is 113 Å². The van der Waals surface area contributed by atoms with Gasteiger partial charge in [-0.1, -0.05) is 51.0 Å². The van der Waals surface area contributed by atoms with Gasteiger partial charge >= 0.3 is 0 Å². The molecule has 2 rings (SSSR count). The second-order valence-electron chi connectivity index (χ2n) is 6.11. The van der Waals surface area contributed by atoms with E-state index in [1.54, 1.807) is 0 Å². The van der Waals surface area contributed by atoms with Crippen molar-refractivity contribution in [3.63, 3.8) is 0 Å². The smallest absolute Gasteiger partial charge is 0.0161 e. The fraction of sp³-hybridized carbons (Fsp3) is 0.667. The predicted octanol–water partition coefficient (Wildman–Crippen LogP) is 5.73. The van der Waals surface area contributed by atoms with Gasteiger partial charge in [0.1, 0.15) is 0 Å². The van der Waals surface area contributed by atoms with Crippen LogP contribution in [0.5, 0.6) is 0 Å². The normalized spacial score (nSPS) is 19.9. The Morgan fingerprint density at radius 1 is 1.17 bits per heavy atom. The molecule has 0 bridgehead atoms. The zero-order valence-corrected chi connectivity index (χ0v) is 12.0. The highest BCUT2D eigenvalue weighted by Gasteiger charge is 2.33. The van der Waals surface area contributed by atoms with Crippen molar-refractivity contribution in [3.8, 4) is 0 Å². The van der Waals surface area contributed by atoms with Gasteiger partial charge in [-0.15, -0.1) is 0 Å². The second-order valence-corrected chi connectivity index (χ2v) is 6.11. The zero-order chi connectivity index (χ0) is 12.8. The van der Waals surface area contributed by atoms with Crippen LogP contribution in [-0.4, -0.2) is 0 Å². The fourth-order valence-corrected chi connectivity index (χ4v) is 3.91. The van der Waals surface area contributed by atoms with Crippen molar-refractivity contribution in [2.24, 2.45) is 5.41 Å². The van der Waals surface area contributed by atoms with Crippen molar-refractivity contribution in [2.45, 2.75) is 71.1 Å². The third-order valence-corrected chi connectivity index (χ3v) is 4.81. The summed E-state index contributed by atoms with van der Waals surface area (Å²) in [5, 5.41) is 0. The molecule has 0 aromatic heterocycles. The first kappa shape index (κ1) is 13.6. The number of benzene rings is 1. The third-order valence-electron chi connectivity index (χ3n) is 4.81. The minimum atomic E-state index is 0.679. The molecule has 0 heteroatoms.